The van der Waals surface area contributed by atoms with Crippen molar-refractivity contribution in [3.05, 3.63) is 29.3 Å². The van der Waals surface area contributed by atoms with Crippen molar-refractivity contribution in [2.75, 3.05) is 32.5 Å². The Hall–Kier alpha value is -1.67. The first kappa shape index (κ1) is 15.4. The zero-order valence-corrected chi connectivity index (χ0v) is 11.7. The van der Waals surface area contributed by atoms with E-state index in [1.165, 1.54) is 0 Å². The minimum Gasteiger partial charge on any atom is -0.380 e. The first-order valence-electron chi connectivity index (χ1n) is 6.03. The monoisotopic (exact) mass is 267 g/mol. The Morgan fingerprint density at radius 2 is 1.79 bits per heavy atom. The van der Waals surface area contributed by atoms with Crippen molar-refractivity contribution in [3.63, 3.8) is 0 Å². The Labute approximate surface area is 112 Å². The average molecular weight is 267 g/mol. The van der Waals surface area contributed by atoms with E-state index in [4.69, 9.17) is 5.26 Å². The van der Waals surface area contributed by atoms with E-state index in [-0.39, 0.29) is 16.7 Å². The molecule has 19 heavy (non-hydrogen) atoms. The third-order valence-electron chi connectivity index (χ3n) is 2.66. The lowest BCUT2D eigenvalue weighted by Crippen LogP contribution is -2.34. The Bertz CT molecular complexity index is 467. The molecule has 0 atom stereocenters. The van der Waals surface area contributed by atoms with E-state index in [0.29, 0.717) is 6.54 Å². The third-order valence-corrected chi connectivity index (χ3v) is 2.66. The van der Waals surface area contributed by atoms with Gasteiger partial charge in [-0.1, -0.05) is 13.8 Å². The molecule has 0 bridgehead atoms. The molecule has 0 spiro atoms. The highest BCUT2D eigenvalue weighted by Gasteiger charge is 2.20. The van der Waals surface area contributed by atoms with E-state index in [1.807, 2.05) is 32.8 Å². The normalized spacial score (nSPS) is 11.5. The lowest BCUT2D eigenvalue weighted by molar-refractivity contribution is 0.254. The van der Waals surface area contributed by atoms with E-state index in [1.54, 1.807) is 6.07 Å². The van der Waals surface area contributed by atoms with Crippen LogP contribution in [0.2, 0.25) is 0 Å². The molecule has 0 radical (unpaired) electrons. The van der Waals surface area contributed by atoms with Gasteiger partial charge in [0.15, 0.2) is 11.6 Å². The van der Waals surface area contributed by atoms with Crippen molar-refractivity contribution in [1.29, 1.82) is 5.26 Å². The highest BCUT2D eigenvalue weighted by molar-refractivity contribution is 5.50. The van der Waals surface area contributed by atoms with Crippen LogP contribution in [0.1, 0.15) is 19.4 Å². The summed E-state index contributed by atoms with van der Waals surface area (Å²) in [5.41, 5.74) is -0.324. The molecule has 0 aliphatic rings. The van der Waals surface area contributed by atoms with Gasteiger partial charge in [0, 0.05) is 13.1 Å². The molecule has 0 aliphatic heterocycles. The number of rotatable bonds is 5. The molecule has 0 fully saturated rings. The van der Waals surface area contributed by atoms with Gasteiger partial charge in [-0.25, -0.2) is 8.78 Å². The molecule has 0 aliphatic carbocycles. The lowest BCUT2D eigenvalue weighted by Gasteiger charge is -2.29. The van der Waals surface area contributed by atoms with Crippen molar-refractivity contribution in [2.45, 2.75) is 13.8 Å². The number of nitrogens with one attached hydrogen (secondary N) is 1. The second-order valence-electron chi connectivity index (χ2n) is 5.68. The molecule has 1 aromatic rings. The fourth-order valence-electron chi connectivity index (χ4n) is 2.05. The van der Waals surface area contributed by atoms with Crippen LogP contribution in [-0.4, -0.2) is 32.1 Å². The molecule has 0 unspecified atom stereocenters. The number of nitrogens with zero attached hydrogens (tertiary/aromatic N) is 2. The van der Waals surface area contributed by atoms with Gasteiger partial charge in [0.2, 0.25) is 0 Å². The Morgan fingerprint density at radius 3 is 2.21 bits per heavy atom. The van der Waals surface area contributed by atoms with Crippen LogP contribution in [0.15, 0.2) is 12.1 Å². The summed E-state index contributed by atoms with van der Waals surface area (Å²) in [6.45, 7) is 5.25. The van der Waals surface area contributed by atoms with Crippen LogP contribution in [0, 0.1) is 28.4 Å². The molecule has 1 aromatic carbocycles. The van der Waals surface area contributed by atoms with Crippen LogP contribution < -0.4 is 5.32 Å². The summed E-state index contributed by atoms with van der Waals surface area (Å²) in [5.74, 6) is -1.48. The fraction of sp³-hybridized carbons (Fsp3) is 0.500. The lowest BCUT2D eigenvalue weighted by atomic mass is 9.93. The number of hydrogen-bond acceptors (Lipinski definition) is 3. The predicted octanol–water partition coefficient (Wildman–Crippen LogP) is 2.84. The predicted molar refractivity (Wildman–Crippen MR) is 71.9 cm³/mol. The zero-order valence-electron chi connectivity index (χ0n) is 11.7. The zero-order chi connectivity index (χ0) is 14.6. The number of benzene rings is 1. The van der Waals surface area contributed by atoms with Crippen LogP contribution in [0.3, 0.4) is 0 Å². The Morgan fingerprint density at radius 1 is 1.26 bits per heavy atom. The van der Waals surface area contributed by atoms with Gasteiger partial charge >= 0.3 is 0 Å². The van der Waals surface area contributed by atoms with Gasteiger partial charge in [-0.05, 0) is 31.6 Å². The first-order valence-corrected chi connectivity index (χ1v) is 6.03. The molecule has 0 heterocycles. The van der Waals surface area contributed by atoms with E-state index < -0.39 is 11.6 Å². The van der Waals surface area contributed by atoms with Gasteiger partial charge in [0.1, 0.15) is 5.69 Å². The largest absolute Gasteiger partial charge is 0.380 e. The minimum absolute atomic E-state index is 0.0203. The van der Waals surface area contributed by atoms with Crippen molar-refractivity contribution >= 4 is 5.69 Å². The quantitative estimate of drug-likeness (QED) is 0.891. The highest BCUT2D eigenvalue weighted by atomic mass is 19.1. The maximum Gasteiger partial charge on any atom is 0.150 e. The Kier molecular flexibility index (Phi) is 4.84. The van der Waals surface area contributed by atoms with Gasteiger partial charge < -0.3 is 10.2 Å². The standard InChI is InChI=1S/C14H19F2N3/c1-14(2,9-19(3)4)8-18-13-11(15)5-10(7-17)6-12(13)16/h5-6,18H,8-9H2,1-4H3. The average Bonchev–Trinajstić information content (AvgIpc) is 2.25. The van der Waals surface area contributed by atoms with Crippen molar-refractivity contribution in [2.24, 2.45) is 5.41 Å². The number of anilines is 1. The van der Waals surface area contributed by atoms with Gasteiger partial charge in [0.05, 0.1) is 11.6 Å². The molecule has 1 rings (SSSR count). The number of halogens is 2. The van der Waals surface area contributed by atoms with Gasteiger partial charge in [-0.15, -0.1) is 0 Å². The number of hydrogen-bond donors (Lipinski definition) is 1. The van der Waals surface area contributed by atoms with Gasteiger partial charge in [-0.2, -0.15) is 5.26 Å². The number of nitriles is 1. The van der Waals surface area contributed by atoms with Crippen molar-refractivity contribution < 1.29 is 8.78 Å². The van der Waals surface area contributed by atoms with Gasteiger partial charge in [-0.3, -0.25) is 0 Å². The van der Waals surface area contributed by atoms with E-state index in [2.05, 4.69) is 5.32 Å². The topological polar surface area (TPSA) is 39.1 Å². The van der Waals surface area contributed by atoms with Crippen molar-refractivity contribution in [1.82, 2.24) is 4.90 Å². The second-order valence-corrected chi connectivity index (χ2v) is 5.68. The smallest absolute Gasteiger partial charge is 0.150 e. The fourth-order valence-corrected chi connectivity index (χ4v) is 2.05. The SMILES string of the molecule is CN(C)CC(C)(C)CNc1c(F)cc(C#N)cc1F. The summed E-state index contributed by atoms with van der Waals surface area (Å²) < 4.78 is 27.3. The highest BCUT2D eigenvalue weighted by Crippen LogP contribution is 2.23. The van der Waals surface area contributed by atoms with E-state index >= 15 is 0 Å². The first-order chi connectivity index (χ1) is 8.75. The Balaban J connectivity index is 2.82. The van der Waals surface area contributed by atoms with Gasteiger partial charge in [0.25, 0.3) is 0 Å². The van der Waals surface area contributed by atoms with Crippen LogP contribution in [0.5, 0.6) is 0 Å². The summed E-state index contributed by atoms with van der Waals surface area (Å²) >= 11 is 0. The van der Waals surface area contributed by atoms with E-state index in [0.717, 1.165) is 18.7 Å². The molecule has 0 amide bonds. The summed E-state index contributed by atoms with van der Waals surface area (Å²) in [5, 5.41) is 11.4. The second kappa shape index (κ2) is 5.98. The maximum absolute atomic E-state index is 13.7. The molecular formula is C14H19F2N3. The third kappa shape index (κ3) is 4.49. The molecule has 5 heteroatoms. The molecule has 0 saturated carbocycles. The molecule has 0 aromatic heterocycles. The minimum atomic E-state index is -0.739. The van der Waals surface area contributed by atoms with E-state index in [9.17, 15) is 8.78 Å². The van der Waals surface area contributed by atoms with Crippen LogP contribution >= 0.6 is 0 Å². The summed E-state index contributed by atoms with van der Waals surface area (Å²) in [4.78, 5) is 2.02. The molecule has 1 N–H and O–H groups in total. The summed E-state index contributed by atoms with van der Waals surface area (Å²) in [6, 6.07) is 3.78. The molecule has 0 saturated heterocycles. The maximum atomic E-state index is 13.7. The molecule has 3 nitrogen and oxygen atoms in total. The van der Waals surface area contributed by atoms with Crippen LogP contribution in [0.25, 0.3) is 0 Å². The molecular weight excluding hydrogens is 248 g/mol. The van der Waals surface area contributed by atoms with Crippen LogP contribution in [-0.2, 0) is 0 Å². The summed E-state index contributed by atoms with van der Waals surface area (Å²) in [6.07, 6.45) is 0. The molecule has 104 valence electrons. The van der Waals surface area contributed by atoms with Crippen molar-refractivity contribution in [3.8, 4) is 6.07 Å². The summed E-state index contributed by atoms with van der Waals surface area (Å²) in [7, 11) is 3.90. The van der Waals surface area contributed by atoms with Crippen LogP contribution in [0.4, 0.5) is 14.5 Å².